The van der Waals surface area contributed by atoms with E-state index in [0.29, 0.717) is 5.92 Å². The van der Waals surface area contributed by atoms with E-state index in [1.54, 1.807) is 0 Å². The molecule has 0 aromatic carbocycles. The zero-order chi connectivity index (χ0) is 13.7. The fourth-order valence-corrected chi connectivity index (χ4v) is 2.45. The van der Waals surface area contributed by atoms with Crippen LogP contribution in [0.15, 0.2) is 25.3 Å². The maximum atomic E-state index is 6.43. The first-order valence-electron chi connectivity index (χ1n) is 6.66. The van der Waals surface area contributed by atoms with E-state index in [2.05, 4.69) is 47.8 Å². The molecule has 2 atom stereocenters. The number of hydrogen-bond donors (Lipinski definition) is 1. The van der Waals surface area contributed by atoms with Gasteiger partial charge in [0.15, 0.2) is 0 Å². The summed E-state index contributed by atoms with van der Waals surface area (Å²) in [7, 11) is 0. The lowest BCUT2D eigenvalue weighted by atomic mass is 9.71. The number of nitrogens with two attached hydrogens (primary N) is 1. The molecule has 2 unspecified atom stereocenters. The highest BCUT2D eigenvalue weighted by Gasteiger charge is 2.32. The van der Waals surface area contributed by atoms with Gasteiger partial charge in [-0.05, 0) is 36.0 Å². The molecule has 0 aliphatic rings. The van der Waals surface area contributed by atoms with Crippen LogP contribution in [0.2, 0.25) is 0 Å². The van der Waals surface area contributed by atoms with Gasteiger partial charge in [-0.15, -0.1) is 13.2 Å². The van der Waals surface area contributed by atoms with Gasteiger partial charge in [0.2, 0.25) is 0 Å². The summed E-state index contributed by atoms with van der Waals surface area (Å²) in [6.07, 6.45) is 7.25. The summed E-state index contributed by atoms with van der Waals surface area (Å²) in [5.41, 5.74) is 6.77. The Balaban J connectivity index is 4.52. The fraction of sp³-hybridized carbons (Fsp3) is 0.750. The molecule has 0 saturated carbocycles. The first-order chi connectivity index (χ1) is 7.66. The Morgan fingerprint density at radius 2 is 1.71 bits per heavy atom. The van der Waals surface area contributed by atoms with Gasteiger partial charge < -0.3 is 5.73 Å². The summed E-state index contributed by atoms with van der Waals surface area (Å²) in [6, 6.07) is 0.224. The third-order valence-corrected chi connectivity index (χ3v) is 3.91. The smallest absolute Gasteiger partial charge is 0.0116 e. The van der Waals surface area contributed by atoms with Crippen LogP contribution in [-0.2, 0) is 0 Å². The molecular formula is C16H31N. The standard InChI is InChI=1S/C16H31N/c1-8-10-11-16(6,7)14(17)13(3)12-15(4,5)9-2/h8-9,13-14H,1-2,10-12,17H2,3-7H3. The minimum Gasteiger partial charge on any atom is -0.327 e. The van der Waals surface area contributed by atoms with Crippen LogP contribution in [0, 0.1) is 16.7 Å². The Morgan fingerprint density at radius 1 is 1.18 bits per heavy atom. The zero-order valence-electron chi connectivity index (χ0n) is 12.4. The second kappa shape index (κ2) is 6.39. The van der Waals surface area contributed by atoms with Crippen molar-refractivity contribution < 1.29 is 0 Å². The third-order valence-electron chi connectivity index (χ3n) is 3.91. The van der Waals surface area contributed by atoms with Crippen molar-refractivity contribution in [3.8, 4) is 0 Å². The Labute approximate surface area is 108 Å². The molecule has 0 rings (SSSR count). The first kappa shape index (κ1) is 16.4. The van der Waals surface area contributed by atoms with Crippen molar-refractivity contribution in [2.75, 3.05) is 0 Å². The van der Waals surface area contributed by atoms with E-state index in [4.69, 9.17) is 5.73 Å². The van der Waals surface area contributed by atoms with Crippen LogP contribution in [0.4, 0.5) is 0 Å². The minimum absolute atomic E-state index is 0.171. The van der Waals surface area contributed by atoms with E-state index in [1.165, 1.54) is 0 Å². The summed E-state index contributed by atoms with van der Waals surface area (Å²) < 4.78 is 0. The number of hydrogen-bond acceptors (Lipinski definition) is 1. The van der Waals surface area contributed by atoms with Crippen LogP contribution < -0.4 is 5.73 Å². The van der Waals surface area contributed by atoms with Crippen molar-refractivity contribution in [3.05, 3.63) is 25.3 Å². The van der Waals surface area contributed by atoms with Gasteiger partial charge in [0.1, 0.15) is 0 Å². The maximum absolute atomic E-state index is 6.43. The lowest BCUT2D eigenvalue weighted by Gasteiger charge is -2.38. The maximum Gasteiger partial charge on any atom is 0.0116 e. The Kier molecular flexibility index (Phi) is 6.18. The largest absolute Gasteiger partial charge is 0.327 e. The average Bonchev–Trinajstić information content (AvgIpc) is 2.24. The molecule has 2 N–H and O–H groups in total. The Hall–Kier alpha value is -0.560. The summed E-state index contributed by atoms with van der Waals surface area (Å²) >= 11 is 0. The van der Waals surface area contributed by atoms with Gasteiger partial charge in [-0.25, -0.2) is 0 Å². The molecule has 0 spiro atoms. The van der Waals surface area contributed by atoms with Crippen molar-refractivity contribution in [1.82, 2.24) is 0 Å². The van der Waals surface area contributed by atoms with E-state index in [1.807, 2.05) is 12.2 Å². The second-order valence-corrected chi connectivity index (χ2v) is 6.72. The molecule has 0 amide bonds. The molecule has 0 aliphatic carbocycles. The zero-order valence-corrected chi connectivity index (χ0v) is 12.4. The molecule has 0 aromatic rings. The van der Waals surface area contributed by atoms with E-state index >= 15 is 0 Å². The summed E-state index contributed by atoms with van der Waals surface area (Å²) in [4.78, 5) is 0. The van der Waals surface area contributed by atoms with Crippen LogP contribution in [0.3, 0.4) is 0 Å². The van der Waals surface area contributed by atoms with E-state index < -0.39 is 0 Å². The summed E-state index contributed by atoms with van der Waals surface area (Å²) in [5, 5.41) is 0. The van der Waals surface area contributed by atoms with Crippen LogP contribution >= 0.6 is 0 Å². The Morgan fingerprint density at radius 3 is 2.12 bits per heavy atom. The second-order valence-electron chi connectivity index (χ2n) is 6.72. The highest BCUT2D eigenvalue weighted by Crippen LogP contribution is 2.35. The van der Waals surface area contributed by atoms with Gasteiger partial charge in [-0.3, -0.25) is 0 Å². The van der Waals surface area contributed by atoms with Crippen molar-refractivity contribution in [3.63, 3.8) is 0 Å². The third kappa shape index (κ3) is 5.54. The lowest BCUT2D eigenvalue weighted by molar-refractivity contribution is 0.178. The van der Waals surface area contributed by atoms with E-state index in [-0.39, 0.29) is 16.9 Å². The van der Waals surface area contributed by atoms with Crippen LogP contribution in [-0.4, -0.2) is 6.04 Å². The lowest BCUT2D eigenvalue weighted by Crippen LogP contribution is -2.43. The molecule has 1 nitrogen and oxygen atoms in total. The Bertz CT molecular complexity index is 250. The van der Waals surface area contributed by atoms with Gasteiger partial charge >= 0.3 is 0 Å². The minimum atomic E-state index is 0.171. The molecule has 1 heteroatoms. The molecule has 0 aromatic heterocycles. The van der Waals surface area contributed by atoms with Crippen LogP contribution in [0.25, 0.3) is 0 Å². The van der Waals surface area contributed by atoms with Crippen molar-refractivity contribution >= 4 is 0 Å². The topological polar surface area (TPSA) is 26.0 Å². The molecule has 0 radical (unpaired) electrons. The molecule has 0 saturated heterocycles. The van der Waals surface area contributed by atoms with Gasteiger partial charge in [-0.2, -0.15) is 0 Å². The predicted octanol–water partition coefficient (Wildman–Crippen LogP) is 4.54. The van der Waals surface area contributed by atoms with Gasteiger partial charge in [0, 0.05) is 6.04 Å². The molecular weight excluding hydrogens is 206 g/mol. The molecule has 0 bridgehead atoms. The van der Waals surface area contributed by atoms with Crippen molar-refractivity contribution in [1.29, 1.82) is 0 Å². The normalized spacial score (nSPS) is 16.4. The number of allylic oxidation sites excluding steroid dienone is 2. The average molecular weight is 237 g/mol. The van der Waals surface area contributed by atoms with Crippen molar-refractivity contribution in [2.45, 2.75) is 59.9 Å². The van der Waals surface area contributed by atoms with E-state index in [9.17, 15) is 0 Å². The summed E-state index contributed by atoms with van der Waals surface area (Å²) in [6.45, 7) is 18.9. The van der Waals surface area contributed by atoms with Crippen LogP contribution in [0.1, 0.15) is 53.9 Å². The highest BCUT2D eigenvalue weighted by atomic mass is 14.7. The number of rotatable bonds is 8. The van der Waals surface area contributed by atoms with E-state index in [0.717, 1.165) is 19.3 Å². The molecule has 0 aliphatic heterocycles. The quantitative estimate of drug-likeness (QED) is 0.616. The molecule has 100 valence electrons. The van der Waals surface area contributed by atoms with Crippen LogP contribution in [0.5, 0.6) is 0 Å². The van der Waals surface area contributed by atoms with Crippen molar-refractivity contribution in [2.24, 2.45) is 22.5 Å². The molecule has 17 heavy (non-hydrogen) atoms. The van der Waals surface area contributed by atoms with Gasteiger partial charge in [0.05, 0.1) is 0 Å². The van der Waals surface area contributed by atoms with Gasteiger partial charge in [0.25, 0.3) is 0 Å². The fourth-order valence-electron chi connectivity index (χ4n) is 2.45. The first-order valence-corrected chi connectivity index (χ1v) is 6.66. The molecule has 0 fully saturated rings. The highest BCUT2D eigenvalue weighted by molar-refractivity contribution is 4.93. The van der Waals surface area contributed by atoms with Gasteiger partial charge in [-0.1, -0.05) is 46.8 Å². The summed E-state index contributed by atoms with van der Waals surface area (Å²) in [5.74, 6) is 0.503. The predicted molar refractivity (Wildman–Crippen MR) is 78.9 cm³/mol. The monoisotopic (exact) mass is 237 g/mol. The molecule has 0 heterocycles. The SMILES string of the molecule is C=CCCC(C)(C)C(N)C(C)CC(C)(C)C=C.